The fourth-order valence-corrected chi connectivity index (χ4v) is 3.46. The van der Waals surface area contributed by atoms with Gasteiger partial charge in [0.1, 0.15) is 4.99 Å². The molecule has 104 valence electrons. The summed E-state index contributed by atoms with van der Waals surface area (Å²) in [7, 11) is 0. The van der Waals surface area contributed by atoms with E-state index in [-0.39, 0.29) is 0 Å². The van der Waals surface area contributed by atoms with E-state index in [1.807, 2.05) is 12.1 Å². The van der Waals surface area contributed by atoms with Gasteiger partial charge in [0.15, 0.2) is 0 Å². The van der Waals surface area contributed by atoms with Gasteiger partial charge in [-0.3, -0.25) is 0 Å². The van der Waals surface area contributed by atoms with Crippen molar-refractivity contribution in [2.75, 3.05) is 5.32 Å². The molecule has 0 spiro atoms. The molecule has 1 aliphatic carbocycles. The molecule has 0 amide bonds. The van der Waals surface area contributed by atoms with Gasteiger partial charge in [-0.05, 0) is 37.0 Å². The summed E-state index contributed by atoms with van der Waals surface area (Å²) in [6.07, 6.45) is 6.47. The molecule has 1 saturated carbocycles. The first-order valence-corrected chi connectivity index (χ1v) is 8.17. The summed E-state index contributed by atoms with van der Waals surface area (Å²) in [6.45, 7) is 2.28. The average molecular weight is 341 g/mol. The van der Waals surface area contributed by atoms with E-state index >= 15 is 0 Å². The summed E-state index contributed by atoms with van der Waals surface area (Å²) in [5.41, 5.74) is 7.83. The predicted molar refractivity (Wildman–Crippen MR) is 89.7 cm³/mol. The van der Waals surface area contributed by atoms with Crippen LogP contribution in [-0.2, 0) is 0 Å². The molecule has 2 rings (SSSR count). The highest BCUT2D eigenvalue weighted by Gasteiger charge is 2.24. The lowest BCUT2D eigenvalue weighted by molar-refractivity contribution is 0.317. The zero-order chi connectivity index (χ0) is 13.8. The van der Waals surface area contributed by atoms with E-state index in [1.165, 1.54) is 32.1 Å². The normalized spacial score (nSPS) is 23.1. The average Bonchev–Trinajstić information content (AvgIpc) is 2.41. The molecule has 1 aromatic carbocycles. The third-order valence-electron chi connectivity index (χ3n) is 4.02. The van der Waals surface area contributed by atoms with Crippen molar-refractivity contribution in [1.82, 2.24) is 0 Å². The largest absolute Gasteiger partial charge is 0.389 e. The topological polar surface area (TPSA) is 38.0 Å². The number of benzene rings is 1. The minimum atomic E-state index is 0.452. The Hall–Kier alpha value is -0.610. The lowest BCUT2D eigenvalue weighted by atomic mass is 9.82. The van der Waals surface area contributed by atoms with E-state index < -0.39 is 0 Å². The number of nitrogens with two attached hydrogens (primary N) is 1. The standard InChI is InChI=1S/C15H21BrN2S/c1-2-10-5-3-4-6-13(10)18-14-8-7-11(16)9-12(14)15(17)19/h7-10,13,18H,2-6H2,1H3,(H2,17,19). The van der Waals surface area contributed by atoms with Crippen LogP contribution in [0.2, 0.25) is 0 Å². The molecular weight excluding hydrogens is 320 g/mol. The zero-order valence-electron chi connectivity index (χ0n) is 11.3. The smallest absolute Gasteiger partial charge is 0.106 e. The number of rotatable bonds is 4. The van der Waals surface area contributed by atoms with Gasteiger partial charge in [-0.1, -0.05) is 54.3 Å². The third kappa shape index (κ3) is 3.69. The Morgan fingerprint density at radius 3 is 2.84 bits per heavy atom. The maximum atomic E-state index is 5.83. The Balaban J connectivity index is 2.20. The van der Waals surface area contributed by atoms with Crippen molar-refractivity contribution >= 4 is 38.8 Å². The zero-order valence-corrected chi connectivity index (χ0v) is 13.7. The fraction of sp³-hybridized carbons (Fsp3) is 0.533. The Labute approximate surface area is 129 Å². The SMILES string of the molecule is CCC1CCCCC1Nc1ccc(Br)cc1C(N)=S. The molecule has 0 heterocycles. The number of hydrogen-bond donors (Lipinski definition) is 2. The molecule has 19 heavy (non-hydrogen) atoms. The van der Waals surface area contributed by atoms with Gasteiger partial charge in [-0.25, -0.2) is 0 Å². The minimum Gasteiger partial charge on any atom is -0.389 e. The number of halogens is 1. The molecule has 2 nitrogen and oxygen atoms in total. The van der Waals surface area contributed by atoms with E-state index in [1.54, 1.807) is 0 Å². The Morgan fingerprint density at radius 1 is 1.42 bits per heavy atom. The van der Waals surface area contributed by atoms with Gasteiger partial charge in [-0.2, -0.15) is 0 Å². The molecule has 2 unspecified atom stereocenters. The summed E-state index contributed by atoms with van der Waals surface area (Å²) in [4.78, 5) is 0.452. The van der Waals surface area contributed by atoms with Crippen molar-refractivity contribution in [3.8, 4) is 0 Å². The molecular formula is C15H21BrN2S. The summed E-state index contributed by atoms with van der Waals surface area (Å²) in [5.74, 6) is 0.761. The second kappa shape index (κ2) is 6.71. The van der Waals surface area contributed by atoms with Crippen LogP contribution in [0.25, 0.3) is 0 Å². The van der Waals surface area contributed by atoms with Gasteiger partial charge >= 0.3 is 0 Å². The molecule has 3 N–H and O–H groups in total. The lowest BCUT2D eigenvalue weighted by Crippen LogP contribution is -2.32. The molecule has 1 fully saturated rings. The van der Waals surface area contributed by atoms with E-state index in [9.17, 15) is 0 Å². The van der Waals surface area contributed by atoms with Crippen LogP contribution >= 0.6 is 28.1 Å². The molecule has 4 heteroatoms. The van der Waals surface area contributed by atoms with Gasteiger partial charge in [0.2, 0.25) is 0 Å². The van der Waals surface area contributed by atoms with E-state index in [0.717, 1.165) is 21.6 Å². The van der Waals surface area contributed by atoms with Crippen LogP contribution in [0.15, 0.2) is 22.7 Å². The quantitative estimate of drug-likeness (QED) is 0.794. The van der Waals surface area contributed by atoms with Crippen molar-refractivity contribution in [2.45, 2.75) is 45.1 Å². The van der Waals surface area contributed by atoms with Crippen LogP contribution in [0.4, 0.5) is 5.69 Å². The van der Waals surface area contributed by atoms with Crippen LogP contribution in [0, 0.1) is 5.92 Å². The molecule has 0 bridgehead atoms. The number of hydrogen-bond acceptors (Lipinski definition) is 2. The predicted octanol–water partition coefficient (Wildman–Crippen LogP) is 4.46. The summed E-state index contributed by atoms with van der Waals surface area (Å²) >= 11 is 8.62. The molecule has 0 saturated heterocycles. The van der Waals surface area contributed by atoms with Crippen LogP contribution in [0.3, 0.4) is 0 Å². The van der Waals surface area contributed by atoms with Gasteiger partial charge in [-0.15, -0.1) is 0 Å². The maximum absolute atomic E-state index is 5.83. The molecule has 1 aromatic rings. The van der Waals surface area contributed by atoms with Crippen molar-refractivity contribution in [1.29, 1.82) is 0 Å². The van der Waals surface area contributed by atoms with Crippen molar-refractivity contribution in [3.05, 3.63) is 28.2 Å². The Bertz CT molecular complexity index is 461. The monoisotopic (exact) mass is 340 g/mol. The number of anilines is 1. The van der Waals surface area contributed by atoms with E-state index in [0.29, 0.717) is 11.0 Å². The van der Waals surface area contributed by atoms with Crippen molar-refractivity contribution in [3.63, 3.8) is 0 Å². The van der Waals surface area contributed by atoms with Gasteiger partial charge in [0.05, 0.1) is 0 Å². The first-order chi connectivity index (χ1) is 9.11. The van der Waals surface area contributed by atoms with Crippen LogP contribution in [-0.4, -0.2) is 11.0 Å². The Kier molecular flexibility index (Phi) is 5.22. The number of nitrogens with one attached hydrogen (secondary N) is 1. The van der Waals surface area contributed by atoms with Gasteiger partial charge in [0, 0.05) is 21.8 Å². The second-order valence-corrected chi connectivity index (χ2v) is 6.61. The summed E-state index contributed by atoms with van der Waals surface area (Å²) in [6, 6.07) is 6.65. The molecule has 2 atom stereocenters. The van der Waals surface area contributed by atoms with Crippen molar-refractivity contribution in [2.24, 2.45) is 11.7 Å². The minimum absolute atomic E-state index is 0.452. The number of thiocarbonyl (C=S) groups is 1. The maximum Gasteiger partial charge on any atom is 0.106 e. The van der Waals surface area contributed by atoms with Crippen molar-refractivity contribution < 1.29 is 0 Å². The summed E-state index contributed by atoms with van der Waals surface area (Å²) < 4.78 is 1.01. The van der Waals surface area contributed by atoms with Crippen LogP contribution in [0.1, 0.15) is 44.6 Å². The van der Waals surface area contributed by atoms with Crippen LogP contribution in [0.5, 0.6) is 0 Å². The molecule has 1 aliphatic rings. The highest BCUT2D eigenvalue weighted by atomic mass is 79.9. The van der Waals surface area contributed by atoms with E-state index in [2.05, 4.69) is 34.2 Å². The van der Waals surface area contributed by atoms with E-state index in [4.69, 9.17) is 18.0 Å². The molecule has 0 aromatic heterocycles. The second-order valence-electron chi connectivity index (χ2n) is 5.26. The molecule has 0 aliphatic heterocycles. The molecule has 0 radical (unpaired) electrons. The summed E-state index contributed by atoms with van der Waals surface area (Å²) in [5, 5.41) is 3.67. The fourth-order valence-electron chi connectivity index (χ4n) is 2.93. The first kappa shape index (κ1) is 14.8. The Morgan fingerprint density at radius 2 is 2.16 bits per heavy atom. The highest BCUT2D eigenvalue weighted by Crippen LogP contribution is 2.31. The first-order valence-electron chi connectivity index (χ1n) is 6.97. The van der Waals surface area contributed by atoms with Gasteiger partial charge in [0.25, 0.3) is 0 Å². The lowest BCUT2D eigenvalue weighted by Gasteiger charge is -2.33. The van der Waals surface area contributed by atoms with Gasteiger partial charge < -0.3 is 11.1 Å². The third-order valence-corrected chi connectivity index (χ3v) is 4.73. The van der Waals surface area contributed by atoms with Crippen LogP contribution < -0.4 is 11.1 Å². The highest BCUT2D eigenvalue weighted by molar-refractivity contribution is 9.10.